The van der Waals surface area contributed by atoms with Crippen LogP contribution < -0.4 is 9.62 Å². The first-order chi connectivity index (χ1) is 12.8. The summed E-state index contributed by atoms with van der Waals surface area (Å²) in [6.45, 7) is 5.24. The molecule has 0 aliphatic carbocycles. The Balaban J connectivity index is 1.88. The molecule has 1 N–H and O–H groups in total. The number of hydrogen-bond donors (Lipinski definition) is 1. The van der Waals surface area contributed by atoms with E-state index >= 15 is 0 Å². The van der Waals surface area contributed by atoms with Gasteiger partial charge in [-0.3, -0.25) is 14.8 Å². The van der Waals surface area contributed by atoms with Crippen LogP contribution in [0.4, 0.5) is 17.1 Å². The average molecular weight is 408 g/mol. The van der Waals surface area contributed by atoms with Gasteiger partial charge in [-0.15, -0.1) is 0 Å². The average Bonchev–Trinajstić information content (AvgIpc) is 2.63. The molecule has 0 radical (unpaired) electrons. The second kappa shape index (κ2) is 7.77. The highest BCUT2D eigenvalue weighted by Crippen LogP contribution is 2.29. The molecule has 1 saturated heterocycles. The van der Waals surface area contributed by atoms with Crippen LogP contribution in [0.5, 0.6) is 0 Å². The van der Waals surface area contributed by atoms with Crippen molar-refractivity contribution in [3.8, 4) is 0 Å². The Kier molecular flexibility index (Phi) is 5.61. The molecule has 9 heteroatoms. The highest BCUT2D eigenvalue weighted by atomic mass is 32.2. The number of nitrogens with one attached hydrogen (secondary N) is 1. The SMILES string of the molecule is Cc1cc(N2CCSCC2)ccc1NS(=O)(=O)c1cccc([N+](=O)[O-])c1C. The minimum atomic E-state index is -3.93. The zero-order valence-electron chi connectivity index (χ0n) is 15.1. The lowest BCUT2D eigenvalue weighted by molar-refractivity contribution is -0.385. The molecule has 1 heterocycles. The van der Waals surface area contributed by atoms with Crippen molar-refractivity contribution in [3.63, 3.8) is 0 Å². The van der Waals surface area contributed by atoms with Crippen LogP contribution in [0.15, 0.2) is 41.3 Å². The van der Waals surface area contributed by atoms with E-state index < -0.39 is 14.9 Å². The molecule has 2 aromatic rings. The van der Waals surface area contributed by atoms with E-state index in [1.807, 2.05) is 30.8 Å². The van der Waals surface area contributed by atoms with Crippen LogP contribution in [-0.4, -0.2) is 37.9 Å². The van der Waals surface area contributed by atoms with Gasteiger partial charge in [0.25, 0.3) is 15.7 Å². The van der Waals surface area contributed by atoms with E-state index in [1.54, 1.807) is 6.07 Å². The number of anilines is 2. The third-order valence-electron chi connectivity index (χ3n) is 4.57. The van der Waals surface area contributed by atoms with Crippen LogP contribution in [0.2, 0.25) is 0 Å². The predicted octanol–water partition coefficient (Wildman–Crippen LogP) is 3.57. The van der Waals surface area contributed by atoms with Crippen LogP contribution in [0.3, 0.4) is 0 Å². The minimum Gasteiger partial charge on any atom is -0.370 e. The standard InChI is InChI=1S/C18H21N3O4S2/c1-13-12-15(20-8-10-26-11-9-20)6-7-16(13)19-27(24,25)18-5-3-4-17(14(18)2)21(22)23/h3-7,12,19H,8-11H2,1-2H3. The molecule has 0 bridgehead atoms. The number of hydrogen-bond acceptors (Lipinski definition) is 6. The van der Waals surface area contributed by atoms with E-state index in [1.165, 1.54) is 25.1 Å². The van der Waals surface area contributed by atoms with Crippen molar-refractivity contribution in [2.45, 2.75) is 18.7 Å². The fourth-order valence-electron chi connectivity index (χ4n) is 3.07. The van der Waals surface area contributed by atoms with E-state index in [0.717, 1.165) is 35.8 Å². The summed E-state index contributed by atoms with van der Waals surface area (Å²) in [6, 6.07) is 9.67. The van der Waals surface area contributed by atoms with Gasteiger partial charge < -0.3 is 4.90 Å². The maximum absolute atomic E-state index is 12.8. The Labute approximate surface area is 163 Å². The lowest BCUT2D eigenvalue weighted by atomic mass is 10.1. The van der Waals surface area contributed by atoms with Crippen LogP contribution in [0.25, 0.3) is 0 Å². The molecule has 0 amide bonds. The third kappa shape index (κ3) is 4.19. The first-order valence-corrected chi connectivity index (χ1v) is 11.1. The molecule has 144 valence electrons. The van der Waals surface area contributed by atoms with E-state index in [4.69, 9.17) is 0 Å². The van der Waals surface area contributed by atoms with Gasteiger partial charge in [-0.25, -0.2) is 8.42 Å². The van der Waals surface area contributed by atoms with Gasteiger partial charge in [0.15, 0.2) is 0 Å². The highest BCUT2D eigenvalue weighted by Gasteiger charge is 2.23. The van der Waals surface area contributed by atoms with E-state index in [2.05, 4.69) is 9.62 Å². The van der Waals surface area contributed by atoms with Crippen molar-refractivity contribution >= 4 is 38.8 Å². The quantitative estimate of drug-likeness (QED) is 0.602. The van der Waals surface area contributed by atoms with Crippen molar-refractivity contribution in [3.05, 3.63) is 57.6 Å². The number of sulfonamides is 1. The number of nitro groups is 1. The summed E-state index contributed by atoms with van der Waals surface area (Å²) in [5.41, 5.74) is 2.25. The molecule has 2 aromatic carbocycles. The molecule has 1 aliphatic rings. The van der Waals surface area contributed by atoms with Crippen molar-refractivity contribution in [2.24, 2.45) is 0 Å². The summed E-state index contributed by atoms with van der Waals surface area (Å²) >= 11 is 1.93. The maximum Gasteiger partial charge on any atom is 0.273 e. The summed E-state index contributed by atoms with van der Waals surface area (Å²) in [5, 5.41) is 11.1. The second-order valence-electron chi connectivity index (χ2n) is 6.36. The Bertz CT molecular complexity index is 971. The van der Waals surface area contributed by atoms with Crippen LogP contribution in [0.1, 0.15) is 11.1 Å². The normalized spacial score (nSPS) is 14.8. The number of aryl methyl sites for hydroxylation is 1. The summed E-state index contributed by atoms with van der Waals surface area (Å²) in [4.78, 5) is 12.7. The molecule has 0 spiro atoms. The van der Waals surface area contributed by atoms with Gasteiger partial charge in [-0.05, 0) is 43.7 Å². The minimum absolute atomic E-state index is 0.0896. The molecule has 7 nitrogen and oxygen atoms in total. The Hall–Kier alpha value is -2.26. The molecule has 0 unspecified atom stereocenters. The lowest BCUT2D eigenvalue weighted by Crippen LogP contribution is -2.32. The number of benzene rings is 2. The molecule has 3 rings (SSSR count). The monoisotopic (exact) mass is 407 g/mol. The van der Waals surface area contributed by atoms with E-state index in [9.17, 15) is 18.5 Å². The number of thioether (sulfide) groups is 1. The van der Waals surface area contributed by atoms with Gasteiger partial charge >= 0.3 is 0 Å². The summed E-state index contributed by atoms with van der Waals surface area (Å²) in [6.07, 6.45) is 0. The van der Waals surface area contributed by atoms with Crippen molar-refractivity contribution in [1.82, 2.24) is 0 Å². The third-order valence-corrected chi connectivity index (χ3v) is 7.02. The number of nitro benzene ring substituents is 1. The fourth-order valence-corrected chi connectivity index (χ4v) is 5.37. The van der Waals surface area contributed by atoms with Crippen molar-refractivity contribution in [2.75, 3.05) is 34.2 Å². The maximum atomic E-state index is 12.8. The van der Waals surface area contributed by atoms with Gasteiger partial charge in [-0.2, -0.15) is 11.8 Å². The second-order valence-corrected chi connectivity index (χ2v) is 9.24. The lowest BCUT2D eigenvalue weighted by Gasteiger charge is -2.29. The molecule has 0 saturated carbocycles. The first kappa shape index (κ1) is 19.5. The molecular formula is C18H21N3O4S2. The van der Waals surface area contributed by atoms with Gasteiger partial charge in [0, 0.05) is 41.9 Å². The van der Waals surface area contributed by atoms with Crippen molar-refractivity contribution in [1.29, 1.82) is 0 Å². The molecule has 0 atom stereocenters. The molecule has 1 aliphatic heterocycles. The first-order valence-electron chi connectivity index (χ1n) is 8.50. The number of nitrogens with zero attached hydrogens (tertiary/aromatic N) is 2. The van der Waals surface area contributed by atoms with Crippen molar-refractivity contribution < 1.29 is 13.3 Å². The summed E-state index contributed by atoms with van der Waals surface area (Å²) in [7, 11) is -3.93. The van der Waals surface area contributed by atoms with Crippen LogP contribution in [-0.2, 0) is 10.0 Å². The zero-order chi connectivity index (χ0) is 19.6. The molecular weight excluding hydrogens is 386 g/mol. The Morgan fingerprint density at radius 3 is 2.48 bits per heavy atom. The molecule has 0 aromatic heterocycles. The predicted molar refractivity (Wildman–Crippen MR) is 109 cm³/mol. The number of rotatable bonds is 5. The van der Waals surface area contributed by atoms with E-state index in [-0.39, 0.29) is 16.1 Å². The Morgan fingerprint density at radius 1 is 1.15 bits per heavy atom. The topological polar surface area (TPSA) is 92.6 Å². The fraction of sp³-hybridized carbons (Fsp3) is 0.333. The van der Waals surface area contributed by atoms with E-state index in [0.29, 0.717) is 5.69 Å². The summed E-state index contributed by atoms with van der Waals surface area (Å²) in [5.74, 6) is 2.17. The van der Waals surface area contributed by atoms with Gasteiger partial charge in [-0.1, -0.05) is 6.07 Å². The Morgan fingerprint density at radius 2 is 1.85 bits per heavy atom. The largest absolute Gasteiger partial charge is 0.370 e. The van der Waals surface area contributed by atoms with Crippen LogP contribution >= 0.6 is 11.8 Å². The van der Waals surface area contributed by atoms with Crippen LogP contribution in [0, 0.1) is 24.0 Å². The summed E-state index contributed by atoms with van der Waals surface area (Å²) < 4.78 is 28.1. The smallest absolute Gasteiger partial charge is 0.273 e. The highest BCUT2D eigenvalue weighted by molar-refractivity contribution is 7.99. The zero-order valence-corrected chi connectivity index (χ0v) is 16.8. The van der Waals surface area contributed by atoms with Gasteiger partial charge in [0.2, 0.25) is 0 Å². The molecule has 27 heavy (non-hydrogen) atoms. The molecule has 1 fully saturated rings. The van der Waals surface area contributed by atoms with Gasteiger partial charge in [0.1, 0.15) is 0 Å². The van der Waals surface area contributed by atoms with Gasteiger partial charge in [0.05, 0.1) is 15.5 Å².